The van der Waals surface area contributed by atoms with Crippen molar-refractivity contribution < 1.29 is 23.8 Å². The number of nitrogens with zero attached hydrogens (tertiary/aromatic N) is 1. The highest BCUT2D eigenvalue weighted by atomic mass is 32.1. The zero-order valence-electron chi connectivity index (χ0n) is 16.0. The number of aromatic amines is 1. The molecule has 4 aromatic rings. The van der Waals surface area contributed by atoms with E-state index in [9.17, 15) is 23.9 Å². The third-order valence-electron chi connectivity index (χ3n) is 4.59. The molecule has 10 heteroatoms. The Balaban J connectivity index is 1.78. The Morgan fingerprint density at radius 2 is 2.00 bits per heavy atom. The third-order valence-corrected chi connectivity index (χ3v) is 5.56. The molecule has 0 bridgehead atoms. The van der Waals surface area contributed by atoms with Gasteiger partial charge in [0.1, 0.15) is 28.8 Å². The lowest BCUT2D eigenvalue weighted by atomic mass is 10.2. The summed E-state index contributed by atoms with van der Waals surface area (Å²) >= 11 is 0.801. The molecule has 2 N–H and O–H groups in total. The summed E-state index contributed by atoms with van der Waals surface area (Å²) in [7, 11) is 1.53. The minimum absolute atomic E-state index is 0.0811. The molecule has 0 aliphatic carbocycles. The molecule has 0 spiro atoms. The summed E-state index contributed by atoms with van der Waals surface area (Å²) in [5.41, 5.74) is -1.35. The maximum atomic E-state index is 14.6. The lowest BCUT2D eigenvalue weighted by Gasteiger charge is -2.12. The van der Waals surface area contributed by atoms with Gasteiger partial charge in [-0.15, -0.1) is 11.3 Å². The molecule has 0 saturated carbocycles. The summed E-state index contributed by atoms with van der Waals surface area (Å²) < 4.78 is 26.1. The smallest absolute Gasteiger partial charge is 0.346 e. The van der Waals surface area contributed by atoms with Crippen molar-refractivity contribution >= 4 is 28.2 Å². The second kappa shape index (κ2) is 8.07. The molecule has 0 saturated heterocycles. The molecule has 31 heavy (non-hydrogen) atoms. The van der Waals surface area contributed by atoms with Crippen molar-refractivity contribution in [2.24, 2.45) is 0 Å². The second-order valence-electron chi connectivity index (χ2n) is 6.44. The predicted octanol–water partition coefficient (Wildman–Crippen LogP) is 3.17. The third kappa shape index (κ3) is 3.68. The van der Waals surface area contributed by atoms with Gasteiger partial charge in [-0.2, -0.15) is 0 Å². The Bertz CT molecular complexity index is 1420. The van der Waals surface area contributed by atoms with Gasteiger partial charge in [0.2, 0.25) is 0 Å². The van der Waals surface area contributed by atoms with E-state index in [1.54, 1.807) is 12.1 Å². The number of ether oxygens (including phenoxy) is 2. The van der Waals surface area contributed by atoms with Crippen molar-refractivity contribution in [3.05, 3.63) is 84.9 Å². The molecule has 0 aliphatic heterocycles. The fourth-order valence-electron chi connectivity index (χ4n) is 3.15. The molecule has 0 amide bonds. The summed E-state index contributed by atoms with van der Waals surface area (Å²) in [6.07, 6.45) is 0. The van der Waals surface area contributed by atoms with E-state index in [1.807, 2.05) is 12.1 Å². The average Bonchev–Trinajstić information content (AvgIpc) is 3.18. The van der Waals surface area contributed by atoms with Crippen LogP contribution in [0.1, 0.15) is 15.2 Å². The number of nitrogens with one attached hydrogen (secondary N) is 1. The van der Waals surface area contributed by atoms with Gasteiger partial charge in [-0.05, 0) is 18.2 Å². The van der Waals surface area contributed by atoms with Crippen molar-refractivity contribution in [3.63, 3.8) is 0 Å². The van der Waals surface area contributed by atoms with Crippen LogP contribution >= 0.6 is 11.3 Å². The zero-order valence-corrected chi connectivity index (χ0v) is 16.9. The first-order valence-electron chi connectivity index (χ1n) is 8.95. The van der Waals surface area contributed by atoms with Gasteiger partial charge in [0, 0.05) is 17.0 Å². The van der Waals surface area contributed by atoms with E-state index in [1.165, 1.54) is 24.6 Å². The Hall–Kier alpha value is -3.92. The first-order chi connectivity index (χ1) is 14.9. The maximum absolute atomic E-state index is 14.6. The summed E-state index contributed by atoms with van der Waals surface area (Å²) in [4.78, 5) is 39.0. The lowest BCUT2D eigenvalue weighted by Crippen LogP contribution is -2.34. The van der Waals surface area contributed by atoms with E-state index in [0.29, 0.717) is 10.3 Å². The van der Waals surface area contributed by atoms with Gasteiger partial charge in [-0.3, -0.25) is 4.79 Å². The molecule has 0 radical (unpaired) electrons. The van der Waals surface area contributed by atoms with Crippen LogP contribution in [0.3, 0.4) is 0 Å². The monoisotopic (exact) mass is 442 g/mol. The number of aromatic nitrogens is 2. The molecular weight excluding hydrogens is 427 g/mol. The first kappa shape index (κ1) is 20.4. The Kier molecular flexibility index (Phi) is 5.30. The van der Waals surface area contributed by atoms with Gasteiger partial charge in [-0.1, -0.05) is 18.2 Å². The highest BCUT2D eigenvalue weighted by molar-refractivity contribution is 7.13. The molecule has 2 heterocycles. The summed E-state index contributed by atoms with van der Waals surface area (Å²) in [6, 6.07) is 10.8. The number of carboxylic acids is 1. The highest BCUT2D eigenvalue weighted by Crippen LogP contribution is 2.24. The molecule has 0 aliphatic rings. The number of carbonyl (C=O) groups is 1. The van der Waals surface area contributed by atoms with Gasteiger partial charge >= 0.3 is 11.7 Å². The van der Waals surface area contributed by atoms with Gasteiger partial charge in [0.05, 0.1) is 23.7 Å². The van der Waals surface area contributed by atoms with Crippen LogP contribution in [-0.4, -0.2) is 27.7 Å². The summed E-state index contributed by atoms with van der Waals surface area (Å²) in [5, 5.41) is 10.5. The first-order valence-corrected chi connectivity index (χ1v) is 9.83. The number of hydrogen-bond donors (Lipinski definition) is 2. The molecular formula is C21H15FN2O6S. The van der Waals surface area contributed by atoms with Crippen LogP contribution in [0.4, 0.5) is 4.39 Å². The number of methoxy groups -OCH3 is 1. The number of H-pyrrole nitrogens is 1. The number of halogens is 1. The zero-order chi connectivity index (χ0) is 22.1. The highest BCUT2D eigenvalue weighted by Gasteiger charge is 2.20. The van der Waals surface area contributed by atoms with Gasteiger partial charge in [0.25, 0.3) is 5.56 Å². The number of aromatic carboxylic acids is 1. The van der Waals surface area contributed by atoms with E-state index in [-0.39, 0.29) is 33.8 Å². The van der Waals surface area contributed by atoms with Crippen molar-refractivity contribution in [3.8, 4) is 17.2 Å². The lowest BCUT2D eigenvalue weighted by molar-refractivity contribution is 0.0704. The number of fused-ring (bicyclic) bond motifs is 1. The van der Waals surface area contributed by atoms with Gasteiger partial charge in [-0.25, -0.2) is 18.5 Å². The minimum Gasteiger partial charge on any atom is -0.496 e. The quantitative estimate of drug-likeness (QED) is 0.475. The van der Waals surface area contributed by atoms with Crippen molar-refractivity contribution in [1.29, 1.82) is 0 Å². The molecule has 158 valence electrons. The molecule has 4 rings (SSSR count). The summed E-state index contributed by atoms with van der Waals surface area (Å²) in [5.74, 6) is -1.34. The van der Waals surface area contributed by atoms with Crippen molar-refractivity contribution in [2.45, 2.75) is 6.61 Å². The SMILES string of the molecule is COc1ccccc1COc1ccc(F)c(-n2c(=O)[nH]c3csc(C(=O)O)c3c2=O)c1. The maximum Gasteiger partial charge on any atom is 0.346 e. The number of carboxylic acid groups (broad SMARTS) is 1. The van der Waals surface area contributed by atoms with Gasteiger partial charge in [0.15, 0.2) is 0 Å². The van der Waals surface area contributed by atoms with E-state index in [4.69, 9.17) is 9.47 Å². The largest absolute Gasteiger partial charge is 0.496 e. The van der Waals surface area contributed by atoms with Crippen LogP contribution in [0.25, 0.3) is 16.6 Å². The Labute approximate surface area is 177 Å². The van der Waals surface area contributed by atoms with Gasteiger partial charge < -0.3 is 19.6 Å². The van der Waals surface area contributed by atoms with Crippen molar-refractivity contribution in [1.82, 2.24) is 9.55 Å². The topological polar surface area (TPSA) is 111 Å². The molecule has 2 aromatic heterocycles. The summed E-state index contributed by atoms with van der Waals surface area (Å²) in [6.45, 7) is 0.104. The molecule has 8 nitrogen and oxygen atoms in total. The fourth-order valence-corrected chi connectivity index (χ4v) is 3.98. The number of rotatable bonds is 6. The van der Waals surface area contributed by atoms with E-state index in [2.05, 4.69) is 4.98 Å². The van der Waals surface area contributed by atoms with Crippen LogP contribution in [-0.2, 0) is 6.61 Å². The Morgan fingerprint density at radius 1 is 1.23 bits per heavy atom. The van der Waals surface area contributed by atoms with Crippen LogP contribution in [0.15, 0.2) is 57.4 Å². The minimum atomic E-state index is -1.31. The van der Waals surface area contributed by atoms with Crippen LogP contribution < -0.4 is 20.7 Å². The second-order valence-corrected chi connectivity index (χ2v) is 7.32. The molecule has 2 aromatic carbocycles. The van der Waals surface area contributed by atoms with E-state index in [0.717, 1.165) is 23.0 Å². The number of thiophene rings is 1. The van der Waals surface area contributed by atoms with E-state index >= 15 is 0 Å². The number of para-hydroxylation sites is 1. The Morgan fingerprint density at radius 3 is 2.74 bits per heavy atom. The standard InChI is InChI=1S/C21H15FN2O6S/c1-29-16-5-3-2-4-11(16)9-30-12-6-7-13(22)15(8-12)24-19(25)17-14(23-21(24)28)10-31-18(17)20(26)27/h2-8,10H,9H2,1H3,(H,23,28)(H,26,27). The fraction of sp³-hybridized carbons (Fsp3) is 0.0952. The number of benzene rings is 2. The average molecular weight is 442 g/mol. The number of hydrogen-bond acceptors (Lipinski definition) is 6. The van der Waals surface area contributed by atoms with Crippen LogP contribution in [0.5, 0.6) is 11.5 Å². The van der Waals surface area contributed by atoms with Crippen LogP contribution in [0, 0.1) is 5.82 Å². The van der Waals surface area contributed by atoms with Crippen LogP contribution in [0.2, 0.25) is 0 Å². The molecule has 0 atom stereocenters. The van der Waals surface area contributed by atoms with E-state index < -0.39 is 23.0 Å². The normalized spacial score (nSPS) is 10.9. The van der Waals surface area contributed by atoms with Crippen molar-refractivity contribution in [2.75, 3.05) is 7.11 Å². The molecule has 0 fully saturated rings. The predicted molar refractivity (Wildman–Crippen MR) is 112 cm³/mol. The molecule has 0 unspecified atom stereocenters.